The highest BCUT2D eigenvalue weighted by Crippen LogP contribution is 2.24. The van der Waals surface area contributed by atoms with E-state index in [9.17, 15) is 4.79 Å². The van der Waals surface area contributed by atoms with Crippen LogP contribution < -0.4 is 10.6 Å². The smallest absolute Gasteiger partial charge is 0.252 e. The van der Waals surface area contributed by atoms with E-state index in [4.69, 9.17) is 5.73 Å². The van der Waals surface area contributed by atoms with Crippen molar-refractivity contribution in [1.29, 1.82) is 0 Å². The number of carbonyl (C=O) groups excluding carboxylic acids is 1. The maximum absolute atomic E-state index is 11.4. The first-order valence-corrected chi connectivity index (χ1v) is 6.25. The zero-order chi connectivity index (χ0) is 13.1. The molecule has 1 fully saturated rings. The Bertz CT molecular complexity index is 433. The summed E-state index contributed by atoms with van der Waals surface area (Å²) in [5.74, 6) is -0.412. The Morgan fingerprint density at radius 3 is 3.00 bits per heavy atom. The minimum absolute atomic E-state index is 0.412. The Labute approximate surface area is 108 Å². The van der Waals surface area contributed by atoms with Gasteiger partial charge in [-0.2, -0.15) is 0 Å². The Balaban J connectivity index is 2.23. The molecule has 18 heavy (non-hydrogen) atoms. The number of pyridine rings is 1. The number of nitrogens with zero attached hydrogens (tertiary/aromatic N) is 3. The molecule has 1 aliphatic rings. The number of primary amides is 1. The number of amides is 1. The number of likely N-dealkylation sites (N-methyl/N-ethyl adjacent to an activating group) is 1. The van der Waals surface area contributed by atoms with Gasteiger partial charge in [0.15, 0.2) is 0 Å². The minimum atomic E-state index is -0.412. The lowest BCUT2D eigenvalue weighted by atomic mass is 10.0. The number of piperidine rings is 1. The molecular weight excluding hydrogens is 228 g/mol. The zero-order valence-corrected chi connectivity index (χ0v) is 11.0. The minimum Gasteiger partial charge on any atom is -0.369 e. The molecule has 2 heterocycles. The molecule has 1 amide bonds. The van der Waals surface area contributed by atoms with Crippen LogP contribution in [0.25, 0.3) is 0 Å². The molecule has 2 rings (SSSR count). The summed E-state index contributed by atoms with van der Waals surface area (Å²) >= 11 is 0. The average Bonchev–Trinajstić information content (AvgIpc) is 2.39. The molecule has 5 nitrogen and oxygen atoms in total. The molecule has 0 bridgehead atoms. The third-order valence-electron chi connectivity index (χ3n) is 3.53. The van der Waals surface area contributed by atoms with E-state index < -0.39 is 5.91 Å². The first-order valence-electron chi connectivity index (χ1n) is 6.25. The molecule has 2 N–H and O–H groups in total. The van der Waals surface area contributed by atoms with Crippen LogP contribution in [0, 0.1) is 0 Å². The van der Waals surface area contributed by atoms with Gasteiger partial charge in [0.2, 0.25) is 0 Å². The fraction of sp³-hybridized carbons (Fsp3) is 0.538. The topological polar surface area (TPSA) is 62.5 Å². The molecular formula is C13H20N4O. The molecule has 1 unspecified atom stereocenters. The van der Waals surface area contributed by atoms with Gasteiger partial charge in [-0.05, 0) is 33.0 Å². The predicted molar refractivity (Wildman–Crippen MR) is 71.7 cm³/mol. The van der Waals surface area contributed by atoms with Crippen LogP contribution in [-0.4, -0.2) is 49.0 Å². The summed E-state index contributed by atoms with van der Waals surface area (Å²) in [6, 6.07) is 2.39. The lowest BCUT2D eigenvalue weighted by molar-refractivity contribution is 0.1000. The van der Waals surface area contributed by atoms with Gasteiger partial charge in [0.1, 0.15) is 0 Å². The monoisotopic (exact) mass is 248 g/mol. The van der Waals surface area contributed by atoms with E-state index in [1.54, 1.807) is 12.4 Å². The van der Waals surface area contributed by atoms with Crippen LogP contribution in [0.2, 0.25) is 0 Å². The van der Waals surface area contributed by atoms with Gasteiger partial charge in [0.05, 0.1) is 11.3 Å². The van der Waals surface area contributed by atoms with E-state index in [-0.39, 0.29) is 0 Å². The van der Waals surface area contributed by atoms with E-state index in [1.807, 2.05) is 6.07 Å². The Hall–Kier alpha value is -1.62. The van der Waals surface area contributed by atoms with E-state index >= 15 is 0 Å². The van der Waals surface area contributed by atoms with Crippen LogP contribution in [0.4, 0.5) is 5.69 Å². The van der Waals surface area contributed by atoms with Crippen molar-refractivity contribution in [3.8, 4) is 0 Å². The molecule has 1 aromatic heterocycles. The highest BCUT2D eigenvalue weighted by Gasteiger charge is 2.23. The van der Waals surface area contributed by atoms with Crippen LogP contribution in [-0.2, 0) is 0 Å². The standard InChI is InChI=1S/C13H20N4O/c1-16(2)10-4-3-7-17(9-10)12-5-6-15-8-11(12)13(14)18/h5-6,8,10H,3-4,7,9H2,1-2H3,(H2,14,18). The molecule has 1 atom stereocenters. The number of rotatable bonds is 3. The van der Waals surface area contributed by atoms with E-state index in [0.29, 0.717) is 11.6 Å². The van der Waals surface area contributed by atoms with Crippen molar-refractivity contribution in [2.75, 3.05) is 32.1 Å². The van der Waals surface area contributed by atoms with Crippen LogP contribution >= 0.6 is 0 Å². The van der Waals surface area contributed by atoms with Gasteiger partial charge in [0.25, 0.3) is 5.91 Å². The van der Waals surface area contributed by atoms with Crippen molar-refractivity contribution in [3.05, 3.63) is 24.0 Å². The molecule has 0 spiro atoms. The second kappa shape index (κ2) is 5.35. The summed E-state index contributed by atoms with van der Waals surface area (Å²) in [5, 5.41) is 0. The molecule has 1 saturated heterocycles. The lowest BCUT2D eigenvalue weighted by Gasteiger charge is -2.38. The summed E-state index contributed by atoms with van der Waals surface area (Å²) in [6.07, 6.45) is 5.59. The quantitative estimate of drug-likeness (QED) is 0.855. The normalized spacial score (nSPS) is 20.2. The Morgan fingerprint density at radius 2 is 2.33 bits per heavy atom. The van der Waals surface area contributed by atoms with Crippen LogP contribution in [0.1, 0.15) is 23.2 Å². The maximum atomic E-state index is 11.4. The molecule has 98 valence electrons. The number of nitrogens with two attached hydrogens (primary N) is 1. The molecule has 0 saturated carbocycles. The maximum Gasteiger partial charge on any atom is 0.252 e. The predicted octanol–water partition coefficient (Wildman–Crippen LogP) is 0.711. The second-order valence-corrected chi connectivity index (χ2v) is 4.96. The van der Waals surface area contributed by atoms with Gasteiger partial charge in [-0.25, -0.2) is 0 Å². The van der Waals surface area contributed by atoms with Crippen molar-refractivity contribution >= 4 is 11.6 Å². The summed E-state index contributed by atoms with van der Waals surface area (Å²) < 4.78 is 0. The van der Waals surface area contributed by atoms with Gasteiger partial charge in [-0.1, -0.05) is 0 Å². The van der Waals surface area contributed by atoms with Crippen LogP contribution in [0.15, 0.2) is 18.5 Å². The fourth-order valence-electron chi connectivity index (χ4n) is 2.45. The highest BCUT2D eigenvalue weighted by molar-refractivity contribution is 5.98. The van der Waals surface area contributed by atoms with Gasteiger partial charge < -0.3 is 15.5 Å². The molecule has 0 aliphatic carbocycles. The molecule has 0 aromatic carbocycles. The second-order valence-electron chi connectivity index (χ2n) is 4.96. The number of aromatic nitrogens is 1. The Kier molecular flexibility index (Phi) is 3.81. The van der Waals surface area contributed by atoms with E-state index in [2.05, 4.69) is 28.9 Å². The molecule has 5 heteroatoms. The SMILES string of the molecule is CN(C)C1CCCN(c2ccncc2C(N)=O)C1. The van der Waals surface area contributed by atoms with Crippen LogP contribution in [0.5, 0.6) is 0 Å². The first-order chi connectivity index (χ1) is 8.59. The van der Waals surface area contributed by atoms with Gasteiger partial charge in [-0.15, -0.1) is 0 Å². The number of anilines is 1. The van der Waals surface area contributed by atoms with Gasteiger partial charge >= 0.3 is 0 Å². The van der Waals surface area contributed by atoms with Gasteiger partial charge in [0, 0.05) is 31.5 Å². The average molecular weight is 248 g/mol. The zero-order valence-electron chi connectivity index (χ0n) is 11.0. The fourth-order valence-corrected chi connectivity index (χ4v) is 2.45. The first kappa shape index (κ1) is 12.8. The van der Waals surface area contributed by atoms with Gasteiger partial charge in [-0.3, -0.25) is 9.78 Å². The Morgan fingerprint density at radius 1 is 1.56 bits per heavy atom. The lowest BCUT2D eigenvalue weighted by Crippen LogP contribution is -2.45. The van der Waals surface area contributed by atoms with Crippen molar-refractivity contribution < 1.29 is 4.79 Å². The third-order valence-corrected chi connectivity index (χ3v) is 3.53. The molecule has 1 aliphatic heterocycles. The number of hydrogen-bond donors (Lipinski definition) is 1. The number of hydrogen-bond acceptors (Lipinski definition) is 4. The summed E-state index contributed by atoms with van der Waals surface area (Å²) in [5.41, 5.74) is 6.82. The molecule has 0 radical (unpaired) electrons. The number of carbonyl (C=O) groups is 1. The van der Waals surface area contributed by atoms with Crippen LogP contribution in [0.3, 0.4) is 0 Å². The summed E-state index contributed by atoms with van der Waals surface area (Å²) in [7, 11) is 4.19. The van der Waals surface area contributed by atoms with Crippen molar-refractivity contribution in [3.63, 3.8) is 0 Å². The van der Waals surface area contributed by atoms with Crippen molar-refractivity contribution in [2.45, 2.75) is 18.9 Å². The molecule has 1 aromatic rings. The van der Waals surface area contributed by atoms with Crippen molar-refractivity contribution in [2.24, 2.45) is 5.73 Å². The van der Waals surface area contributed by atoms with E-state index in [1.165, 1.54) is 6.42 Å². The summed E-state index contributed by atoms with van der Waals surface area (Å²) in [4.78, 5) is 19.9. The van der Waals surface area contributed by atoms with Crippen molar-refractivity contribution in [1.82, 2.24) is 9.88 Å². The largest absolute Gasteiger partial charge is 0.369 e. The van der Waals surface area contributed by atoms with E-state index in [0.717, 1.165) is 25.2 Å². The highest BCUT2D eigenvalue weighted by atomic mass is 16.1. The summed E-state index contributed by atoms with van der Waals surface area (Å²) in [6.45, 7) is 1.89. The third kappa shape index (κ3) is 2.61.